The van der Waals surface area contributed by atoms with Crippen molar-refractivity contribution in [2.24, 2.45) is 0 Å². The van der Waals surface area contributed by atoms with E-state index in [1.807, 2.05) is 0 Å². The van der Waals surface area contributed by atoms with Crippen molar-refractivity contribution in [3.8, 4) is 11.1 Å². The second-order valence-corrected chi connectivity index (χ2v) is 6.23. The van der Waals surface area contributed by atoms with Crippen LogP contribution in [0, 0.1) is 6.92 Å². The lowest BCUT2D eigenvalue weighted by Gasteiger charge is -2.22. The Morgan fingerprint density at radius 2 is 2.04 bits per heavy atom. The van der Waals surface area contributed by atoms with Crippen LogP contribution < -0.4 is 10.2 Å². The van der Waals surface area contributed by atoms with E-state index in [0.29, 0.717) is 50.4 Å². The van der Waals surface area contributed by atoms with Gasteiger partial charge in [-0.2, -0.15) is 0 Å². The van der Waals surface area contributed by atoms with Crippen molar-refractivity contribution in [3.63, 3.8) is 0 Å². The van der Waals surface area contributed by atoms with Crippen molar-refractivity contribution in [1.82, 2.24) is 10.3 Å². The summed E-state index contributed by atoms with van der Waals surface area (Å²) in [6.45, 7) is 2.00. The van der Waals surface area contributed by atoms with Gasteiger partial charge in [0.25, 0.3) is 5.91 Å². The van der Waals surface area contributed by atoms with Crippen molar-refractivity contribution < 1.29 is 14.7 Å². The van der Waals surface area contributed by atoms with E-state index >= 15 is 0 Å². The van der Waals surface area contributed by atoms with Gasteiger partial charge in [0, 0.05) is 28.2 Å². The summed E-state index contributed by atoms with van der Waals surface area (Å²) in [5.41, 5.74) is 2.70. The van der Waals surface area contributed by atoms with E-state index < -0.39 is 6.09 Å². The number of halogens is 2. The number of hydrogen-bond donors (Lipinski definition) is 2. The van der Waals surface area contributed by atoms with Crippen LogP contribution in [0.5, 0.6) is 0 Å². The van der Waals surface area contributed by atoms with Gasteiger partial charge in [0.2, 0.25) is 0 Å². The highest BCUT2D eigenvalue weighted by Crippen LogP contribution is 2.42. The number of amides is 2. The van der Waals surface area contributed by atoms with Crippen molar-refractivity contribution in [2.75, 3.05) is 11.9 Å². The van der Waals surface area contributed by atoms with E-state index in [2.05, 4.69) is 10.3 Å². The van der Waals surface area contributed by atoms with E-state index in [-0.39, 0.29) is 5.91 Å². The van der Waals surface area contributed by atoms with E-state index in [1.165, 1.54) is 7.05 Å². The average Bonchev–Trinajstić information content (AvgIpc) is 2.86. The molecular weight excluding hydrogens is 353 g/mol. The largest absolute Gasteiger partial charge is 0.465 e. The van der Waals surface area contributed by atoms with Gasteiger partial charge in [0.1, 0.15) is 0 Å². The van der Waals surface area contributed by atoms with E-state index in [9.17, 15) is 14.7 Å². The third-order valence-electron chi connectivity index (χ3n) is 3.89. The number of aryl methyl sites for hydroxylation is 1. The standard InChI is InChI=1S/C16H13Cl2N3O3/c1-7-14(21(2)16(23)24)12(9-4-3-8(17)5-10(9)18)13-11(20-7)6-19-15(13)22/h3-5H,6H2,1-2H3,(H,19,22)(H,23,24). The van der Waals surface area contributed by atoms with Gasteiger partial charge in [-0.3, -0.25) is 14.7 Å². The molecule has 8 heteroatoms. The fourth-order valence-electron chi connectivity index (χ4n) is 2.84. The van der Waals surface area contributed by atoms with Crippen LogP contribution in [-0.4, -0.2) is 29.1 Å². The minimum Gasteiger partial charge on any atom is -0.465 e. The summed E-state index contributed by atoms with van der Waals surface area (Å²) in [7, 11) is 1.40. The Labute approximate surface area is 148 Å². The molecule has 0 fully saturated rings. The van der Waals surface area contributed by atoms with E-state index in [1.54, 1.807) is 25.1 Å². The zero-order chi connectivity index (χ0) is 17.6. The van der Waals surface area contributed by atoms with Crippen LogP contribution in [0.1, 0.15) is 21.7 Å². The topological polar surface area (TPSA) is 82.5 Å². The van der Waals surface area contributed by atoms with Crippen LogP contribution in [-0.2, 0) is 6.54 Å². The molecule has 124 valence electrons. The Hall–Kier alpha value is -2.31. The third-order valence-corrected chi connectivity index (χ3v) is 4.43. The van der Waals surface area contributed by atoms with Gasteiger partial charge in [-0.25, -0.2) is 4.79 Å². The average molecular weight is 366 g/mol. The number of nitrogens with zero attached hydrogens (tertiary/aromatic N) is 2. The summed E-state index contributed by atoms with van der Waals surface area (Å²) in [5.74, 6) is -0.307. The molecule has 0 saturated heterocycles. The van der Waals surface area contributed by atoms with Crippen LogP contribution >= 0.6 is 23.2 Å². The van der Waals surface area contributed by atoms with Crippen LogP contribution in [0.4, 0.5) is 10.5 Å². The lowest BCUT2D eigenvalue weighted by atomic mass is 9.96. The molecule has 1 aromatic heterocycles. The molecule has 0 saturated carbocycles. The molecule has 6 nitrogen and oxygen atoms in total. The van der Waals surface area contributed by atoms with Gasteiger partial charge in [0.15, 0.2) is 0 Å². The molecule has 2 heterocycles. The van der Waals surface area contributed by atoms with E-state index in [4.69, 9.17) is 23.2 Å². The molecule has 24 heavy (non-hydrogen) atoms. The number of pyridine rings is 1. The number of anilines is 1. The Morgan fingerprint density at radius 1 is 1.33 bits per heavy atom. The van der Waals surface area contributed by atoms with Crippen LogP contribution in [0.3, 0.4) is 0 Å². The molecule has 0 spiro atoms. The molecular formula is C16H13Cl2N3O3. The molecule has 0 aliphatic carbocycles. The lowest BCUT2D eigenvalue weighted by Crippen LogP contribution is -2.26. The first-order valence-electron chi connectivity index (χ1n) is 7.05. The highest BCUT2D eigenvalue weighted by molar-refractivity contribution is 6.37. The van der Waals surface area contributed by atoms with Gasteiger partial charge in [-0.15, -0.1) is 0 Å². The zero-order valence-corrected chi connectivity index (χ0v) is 14.4. The molecule has 0 radical (unpaired) electrons. The third kappa shape index (κ3) is 2.57. The van der Waals surface area contributed by atoms with E-state index in [0.717, 1.165) is 4.90 Å². The zero-order valence-electron chi connectivity index (χ0n) is 12.9. The second-order valence-electron chi connectivity index (χ2n) is 5.39. The molecule has 1 aliphatic rings. The Balaban J connectivity index is 2.41. The van der Waals surface area contributed by atoms with Crippen LogP contribution in [0.15, 0.2) is 18.2 Å². The molecule has 0 bridgehead atoms. The SMILES string of the molecule is Cc1nc2c(c(-c3ccc(Cl)cc3Cl)c1N(C)C(=O)O)C(=O)NC2. The number of fused-ring (bicyclic) bond motifs is 1. The first-order valence-corrected chi connectivity index (χ1v) is 7.80. The van der Waals surface area contributed by atoms with Crippen molar-refractivity contribution in [2.45, 2.75) is 13.5 Å². The van der Waals surface area contributed by atoms with Crippen LogP contribution in [0.2, 0.25) is 10.0 Å². The Bertz CT molecular complexity index is 883. The number of rotatable bonds is 2. The molecule has 2 amide bonds. The van der Waals surface area contributed by atoms with Gasteiger partial charge < -0.3 is 10.4 Å². The fourth-order valence-corrected chi connectivity index (χ4v) is 3.34. The molecule has 0 unspecified atom stereocenters. The first kappa shape index (κ1) is 16.5. The van der Waals surface area contributed by atoms with Gasteiger partial charge in [-0.1, -0.05) is 29.3 Å². The number of aromatic nitrogens is 1. The summed E-state index contributed by atoms with van der Waals surface area (Å²) in [5, 5.41) is 12.9. The highest BCUT2D eigenvalue weighted by atomic mass is 35.5. The predicted molar refractivity (Wildman–Crippen MR) is 92.0 cm³/mol. The predicted octanol–water partition coefficient (Wildman–Crippen LogP) is 3.72. The van der Waals surface area contributed by atoms with Crippen molar-refractivity contribution in [1.29, 1.82) is 0 Å². The van der Waals surface area contributed by atoms with Gasteiger partial charge in [-0.05, 0) is 19.1 Å². The fraction of sp³-hybridized carbons (Fsp3) is 0.188. The number of carboxylic acid groups (broad SMARTS) is 1. The number of hydrogen-bond acceptors (Lipinski definition) is 3. The minimum atomic E-state index is -1.16. The van der Waals surface area contributed by atoms with Gasteiger partial charge >= 0.3 is 6.09 Å². The highest BCUT2D eigenvalue weighted by Gasteiger charge is 2.31. The number of carbonyl (C=O) groups is 2. The number of carbonyl (C=O) groups excluding carboxylic acids is 1. The summed E-state index contributed by atoms with van der Waals surface area (Å²) >= 11 is 12.3. The minimum absolute atomic E-state index is 0.296. The summed E-state index contributed by atoms with van der Waals surface area (Å²) in [6.07, 6.45) is -1.16. The molecule has 0 atom stereocenters. The molecule has 1 aromatic carbocycles. The van der Waals surface area contributed by atoms with Crippen molar-refractivity contribution in [3.05, 3.63) is 45.2 Å². The second kappa shape index (κ2) is 5.96. The molecule has 1 aliphatic heterocycles. The monoisotopic (exact) mass is 365 g/mol. The summed E-state index contributed by atoms with van der Waals surface area (Å²) < 4.78 is 0. The first-order chi connectivity index (χ1) is 11.3. The normalized spacial score (nSPS) is 12.8. The lowest BCUT2D eigenvalue weighted by molar-refractivity contribution is 0.0966. The smallest absolute Gasteiger partial charge is 0.411 e. The molecule has 3 rings (SSSR count). The molecule has 2 N–H and O–H groups in total. The van der Waals surface area contributed by atoms with Gasteiger partial charge in [0.05, 0.1) is 29.2 Å². The van der Waals surface area contributed by atoms with Crippen molar-refractivity contribution >= 4 is 40.9 Å². The quantitative estimate of drug-likeness (QED) is 0.849. The Kier molecular flexibility index (Phi) is 4.11. The number of benzene rings is 1. The summed E-state index contributed by atoms with van der Waals surface area (Å²) in [6, 6.07) is 4.87. The number of nitrogens with one attached hydrogen (secondary N) is 1. The Morgan fingerprint density at radius 3 is 2.67 bits per heavy atom. The molecule has 2 aromatic rings. The maximum Gasteiger partial charge on any atom is 0.411 e. The maximum absolute atomic E-state index is 12.3. The maximum atomic E-state index is 12.3. The van der Waals surface area contributed by atoms with Crippen LogP contribution in [0.25, 0.3) is 11.1 Å². The summed E-state index contributed by atoms with van der Waals surface area (Å²) in [4.78, 5) is 29.2.